The smallest absolute Gasteiger partial charge is 0.326 e. The van der Waals surface area contributed by atoms with Crippen LogP contribution in [0.25, 0.3) is 0 Å². The van der Waals surface area contributed by atoms with E-state index < -0.39 is 35.9 Å². The minimum absolute atomic E-state index is 0.0516. The van der Waals surface area contributed by atoms with E-state index in [1.807, 2.05) is 0 Å². The van der Waals surface area contributed by atoms with Gasteiger partial charge >= 0.3 is 5.97 Å². The number of carbonyl (C=O) groups is 3. The van der Waals surface area contributed by atoms with Crippen LogP contribution in [0.5, 0.6) is 0 Å². The predicted molar refractivity (Wildman–Crippen MR) is 90.5 cm³/mol. The number of nitrogens with zero attached hydrogens (tertiary/aromatic N) is 1. The van der Waals surface area contributed by atoms with Crippen molar-refractivity contribution >= 4 is 30.4 Å². The SMILES string of the molecule is CC(C)[C@H](NC(=O)[C@@H](N)CS)C(=O)N[C@@H](Cc1cnc[nH]1)C(=O)O. The van der Waals surface area contributed by atoms with Crippen LogP contribution in [0.15, 0.2) is 12.5 Å². The standard InChI is InChI=1S/C14H23N5O4S/c1-7(2)11(19-12(20)9(15)5-24)13(21)18-10(14(22)23)3-8-4-16-6-17-8/h4,6-7,9-11,24H,3,5,15H2,1-2H3,(H,16,17)(H,18,21)(H,19,20)(H,22,23)/t9-,10-,11-/m0/s1. The Balaban J connectivity index is 2.77. The molecule has 0 aromatic carbocycles. The molecule has 0 aliphatic heterocycles. The average Bonchev–Trinajstić information content (AvgIpc) is 3.03. The maximum Gasteiger partial charge on any atom is 0.326 e. The highest BCUT2D eigenvalue weighted by atomic mass is 32.1. The van der Waals surface area contributed by atoms with Crippen LogP contribution in [0.4, 0.5) is 0 Å². The summed E-state index contributed by atoms with van der Waals surface area (Å²) < 4.78 is 0. The van der Waals surface area contributed by atoms with E-state index in [0.717, 1.165) is 0 Å². The molecule has 0 saturated heterocycles. The van der Waals surface area contributed by atoms with Gasteiger partial charge in [-0.15, -0.1) is 0 Å². The fraction of sp³-hybridized carbons (Fsp3) is 0.571. The molecule has 0 aliphatic carbocycles. The van der Waals surface area contributed by atoms with Crippen molar-refractivity contribution in [3.8, 4) is 0 Å². The summed E-state index contributed by atoms with van der Waals surface area (Å²) >= 11 is 3.94. The highest BCUT2D eigenvalue weighted by molar-refractivity contribution is 7.80. The molecule has 9 nitrogen and oxygen atoms in total. The van der Waals surface area contributed by atoms with Crippen LogP contribution in [-0.2, 0) is 20.8 Å². The molecule has 10 heteroatoms. The minimum atomic E-state index is -1.18. The Labute approximate surface area is 145 Å². The van der Waals surface area contributed by atoms with Crippen LogP contribution in [0.3, 0.4) is 0 Å². The number of carbonyl (C=O) groups excluding carboxylic acids is 2. The van der Waals surface area contributed by atoms with Gasteiger partial charge in [0.1, 0.15) is 12.1 Å². The summed E-state index contributed by atoms with van der Waals surface area (Å²) in [4.78, 5) is 42.2. The number of rotatable bonds is 9. The van der Waals surface area contributed by atoms with Crippen LogP contribution in [-0.4, -0.2) is 56.7 Å². The predicted octanol–water partition coefficient (Wildman–Crippen LogP) is -1.08. The number of nitrogens with two attached hydrogens (primary N) is 1. The molecule has 1 heterocycles. The molecule has 1 aromatic rings. The Morgan fingerprint density at radius 2 is 2.00 bits per heavy atom. The third-order valence-corrected chi connectivity index (χ3v) is 3.77. The molecule has 0 aliphatic rings. The zero-order valence-corrected chi connectivity index (χ0v) is 14.4. The Morgan fingerprint density at radius 3 is 2.46 bits per heavy atom. The maximum atomic E-state index is 12.4. The van der Waals surface area contributed by atoms with Crippen molar-refractivity contribution in [2.24, 2.45) is 11.7 Å². The number of hydrogen-bond acceptors (Lipinski definition) is 6. The lowest BCUT2D eigenvalue weighted by Gasteiger charge is -2.25. The first-order chi connectivity index (χ1) is 11.3. The molecule has 2 amide bonds. The van der Waals surface area contributed by atoms with Crippen LogP contribution >= 0.6 is 12.6 Å². The maximum absolute atomic E-state index is 12.4. The fourth-order valence-corrected chi connectivity index (χ4v) is 2.12. The zero-order chi connectivity index (χ0) is 18.3. The Morgan fingerprint density at radius 1 is 1.33 bits per heavy atom. The normalized spacial score (nSPS) is 14.7. The van der Waals surface area contributed by atoms with E-state index in [1.54, 1.807) is 13.8 Å². The van der Waals surface area contributed by atoms with Crippen molar-refractivity contribution in [2.75, 3.05) is 5.75 Å². The van der Waals surface area contributed by atoms with Gasteiger partial charge in [0.15, 0.2) is 0 Å². The molecule has 1 aromatic heterocycles. The van der Waals surface area contributed by atoms with Gasteiger partial charge in [0.2, 0.25) is 11.8 Å². The Hall–Kier alpha value is -2.07. The molecule has 0 saturated carbocycles. The molecule has 3 atom stereocenters. The van der Waals surface area contributed by atoms with E-state index in [1.165, 1.54) is 12.5 Å². The minimum Gasteiger partial charge on any atom is -0.480 e. The van der Waals surface area contributed by atoms with Crippen LogP contribution in [0.1, 0.15) is 19.5 Å². The second kappa shape index (κ2) is 9.28. The van der Waals surface area contributed by atoms with Gasteiger partial charge in [0.05, 0.1) is 12.4 Å². The van der Waals surface area contributed by atoms with Gasteiger partial charge in [0.25, 0.3) is 0 Å². The third kappa shape index (κ3) is 5.85. The van der Waals surface area contributed by atoms with Gasteiger partial charge in [-0.25, -0.2) is 9.78 Å². The molecule has 1 rings (SSSR count). The molecule has 0 fully saturated rings. The van der Waals surface area contributed by atoms with Gasteiger partial charge < -0.3 is 26.5 Å². The number of H-pyrrole nitrogens is 1. The molecular formula is C14H23N5O4S. The fourth-order valence-electron chi connectivity index (χ4n) is 1.96. The van der Waals surface area contributed by atoms with E-state index in [-0.39, 0.29) is 18.1 Å². The average molecular weight is 357 g/mol. The van der Waals surface area contributed by atoms with E-state index >= 15 is 0 Å². The number of amides is 2. The Kier molecular flexibility index (Phi) is 7.72. The largest absolute Gasteiger partial charge is 0.480 e. The lowest BCUT2D eigenvalue weighted by atomic mass is 10.0. The number of nitrogens with one attached hydrogen (secondary N) is 3. The topological polar surface area (TPSA) is 150 Å². The lowest BCUT2D eigenvalue weighted by Crippen LogP contribution is -2.56. The summed E-state index contributed by atoms with van der Waals surface area (Å²) in [5.74, 6) is -2.40. The second-order valence-corrected chi connectivity index (χ2v) is 6.06. The van der Waals surface area contributed by atoms with Crippen molar-refractivity contribution in [1.82, 2.24) is 20.6 Å². The summed E-state index contributed by atoms with van der Waals surface area (Å²) in [5, 5.41) is 14.3. The summed E-state index contributed by atoms with van der Waals surface area (Å²) in [6.07, 6.45) is 2.96. The summed E-state index contributed by atoms with van der Waals surface area (Å²) in [6.45, 7) is 3.48. The first-order valence-electron chi connectivity index (χ1n) is 7.43. The number of aromatic amines is 1. The van der Waals surface area contributed by atoms with E-state index in [9.17, 15) is 19.5 Å². The lowest BCUT2D eigenvalue weighted by molar-refractivity contribution is -0.142. The van der Waals surface area contributed by atoms with E-state index in [2.05, 4.69) is 33.2 Å². The van der Waals surface area contributed by atoms with Gasteiger partial charge in [-0.1, -0.05) is 13.8 Å². The summed E-state index contributed by atoms with van der Waals surface area (Å²) in [7, 11) is 0. The van der Waals surface area contributed by atoms with Gasteiger partial charge in [-0.2, -0.15) is 12.6 Å². The highest BCUT2D eigenvalue weighted by Crippen LogP contribution is 2.05. The molecule has 6 N–H and O–H groups in total. The number of thiol groups is 1. The van der Waals surface area contributed by atoms with Crippen molar-refractivity contribution < 1.29 is 19.5 Å². The first-order valence-corrected chi connectivity index (χ1v) is 8.06. The van der Waals surface area contributed by atoms with Crippen molar-refractivity contribution in [3.63, 3.8) is 0 Å². The highest BCUT2D eigenvalue weighted by Gasteiger charge is 2.29. The van der Waals surface area contributed by atoms with Crippen molar-refractivity contribution in [1.29, 1.82) is 0 Å². The number of aromatic nitrogens is 2. The van der Waals surface area contributed by atoms with Crippen LogP contribution < -0.4 is 16.4 Å². The van der Waals surface area contributed by atoms with E-state index in [0.29, 0.717) is 5.69 Å². The van der Waals surface area contributed by atoms with Gasteiger partial charge in [-0.3, -0.25) is 9.59 Å². The molecule has 0 radical (unpaired) electrons. The van der Waals surface area contributed by atoms with Crippen LogP contribution in [0, 0.1) is 5.92 Å². The molecular weight excluding hydrogens is 334 g/mol. The second-order valence-electron chi connectivity index (χ2n) is 5.70. The molecule has 0 spiro atoms. The van der Waals surface area contributed by atoms with E-state index in [4.69, 9.17) is 5.73 Å². The van der Waals surface area contributed by atoms with Crippen LogP contribution in [0.2, 0.25) is 0 Å². The molecule has 24 heavy (non-hydrogen) atoms. The summed E-state index contributed by atoms with van der Waals surface area (Å²) in [6, 6.07) is -2.88. The molecule has 0 unspecified atom stereocenters. The monoisotopic (exact) mass is 357 g/mol. The number of carboxylic acid groups (broad SMARTS) is 1. The van der Waals surface area contributed by atoms with Gasteiger partial charge in [-0.05, 0) is 5.92 Å². The molecule has 134 valence electrons. The first kappa shape index (κ1) is 20.0. The number of imidazole rings is 1. The quantitative estimate of drug-likeness (QED) is 0.309. The third-order valence-electron chi connectivity index (χ3n) is 3.37. The van der Waals surface area contributed by atoms with Crippen molar-refractivity contribution in [3.05, 3.63) is 18.2 Å². The Bertz CT molecular complexity index is 564. The van der Waals surface area contributed by atoms with Crippen molar-refractivity contribution in [2.45, 2.75) is 38.4 Å². The van der Waals surface area contributed by atoms with Gasteiger partial charge in [0, 0.05) is 24.1 Å². The zero-order valence-electron chi connectivity index (χ0n) is 13.5. The summed E-state index contributed by atoms with van der Waals surface area (Å²) in [5.41, 5.74) is 6.15. The number of carboxylic acids is 1. The molecule has 0 bridgehead atoms. The number of hydrogen-bond donors (Lipinski definition) is 6. The number of aliphatic carboxylic acids is 1.